The van der Waals surface area contributed by atoms with E-state index in [9.17, 15) is 0 Å². The maximum atomic E-state index is 5.44. The maximum absolute atomic E-state index is 5.44. The Hall–Kier alpha value is -0.530. The largest absolute Gasteiger partial charge is 0.478 e. The highest BCUT2D eigenvalue weighted by atomic mass is 16.5. The number of rotatable bonds is 1. The van der Waals surface area contributed by atoms with Gasteiger partial charge in [-0.25, -0.2) is 4.99 Å². The molecule has 1 aliphatic heterocycles. The highest BCUT2D eigenvalue weighted by molar-refractivity contribution is 5.82. The van der Waals surface area contributed by atoms with Crippen molar-refractivity contribution in [1.29, 1.82) is 0 Å². The number of nitrogens with zero attached hydrogens (tertiary/aromatic N) is 1. The van der Waals surface area contributed by atoms with E-state index in [1.807, 2.05) is 0 Å². The first kappa shape index (κ1) is 6.20. The van der Waals surface area contributed by atoms with E-state index >= 15 is 0 Å². The summed E-state index contributed by atoms with van der Waals surface area (Å²) < 4.78 is 5.44. The molecule has 2 nitrogen and oxygen atoms in total. The topological polar surface area (TPSA) is 21.6 Å². The van der Waals surface area contributed by atoms with E-state index in [1.165, 1.54) is 12.8 Å². The molecular formula is C8H13NO. The van der Waals surface area contributed by atoms with Crippen molar-refractivity contribution in [2.24, 2.45) is 10.9 Å². The summed E-state index contributed by atoms with van der Waals surface area (Å²) in [5.74, 6) is 1.70. The molecule has 2 heteroatoms. The molecular weight excluding hydrogens is 126 g/mol. The van der Waals surface area contributed by atoms with Crippen LogP contribution in [0.3, 0.4) is 0 Å². The number of aliphatic imine (C=N–C) groups is 1. The van der Waals surface area contributed by atoms with Gasteiger partial charge in [-0.1, -0.05) is 0 Å². The Bertz CT molecular complexity index is 180. The molecule has 1 aliphatic carbocycles. The van der Waals surface area contributed by atoms with E-state index in [-0.39, 0.29) is 5.54 Å². The minimum Gasteiger partial charge on any atom is -0.478 e. The van der Waals surface area contributed by atoms with Crippen molar-refractivity contribution in [3.63, 3.8) is 0 Å². The molecule has 10 heavy (non-hydrogen) atoms. The Morgan fingerprint density at radius 1 is 1.50 bits per heavy atom. The zero-order chi connectivity index (χ0) is 7.19. The molecule has 0 spiro atoms. The summed E-state index contributed by atoms with van der Waals surface area (Å²) in [6.45, 7) is 5.00. The van der Waals surface area contributed by atoms with Crippen molar-refractivity contribution in [2.75, 3.05) is 6.61 Å². The van der Waals surface area contributed by atoms with E-state index in [2.05, 4.69) is 18.8 Å². The van der Waals surface area contributed by atoms with Crippen LogP contribution in [0.1, 0.15) is 26.7 Å². The summed E-state index contributed by atoms with van der Waals surface area (Å²) in [5.41, 5.74) is 0.0535. The fourth-order valence-electron chi connectivity index (χ4n) is 1.15. The number of ether oxygens (including phenoxy) is 1. The first-order chi connectivity index (χ1) is 4.67. The van der Waals surface area contributed by atoms with Crippen molar-refractivity contribution in [3.05, 3.63) is 0 Å². The molecule has 0 aromatic carbocycles. The van der Waals surface area contributed by atoms with Gasteiger partial charge in [-0.15, -0.1) is 0 Å². The molecule has 0 N–H and O–H groups in total. The van der Waals surface area contributed by atoms with Crippen molar-refractivity contribution >= 4 is 5.90 Å². The van der Waals surface area contributed by atoms with E-state index in [0.717, 1.165) is 12.5 Å². The van der Waals surface area contributed by atoms with Crippen LogP contribution in [-0.4, -0.2) is 18.0 Å². The first-order valence-electron chi connectivity index (χ1n) is 3.90. The molecule has 0 radical (unpaired) electrons. The summed E-state index contributed by atoms with van der Waals surface area (Å²) in [7, 11) is 0. The van der Waals surface area contributed by atoms with Crippen molar-refractivity contribution in [3.8, 4) is 0 Å². The molecule has 2 aliphatic rings. The third-order valence-electron chi connectivity index (χ3n) is 1.91. The van der Waals surface area contributed by atoms with Gasteiger partial charge >= 0.3 is 0 Å². The van der Waals surface area contributed by atoms with Gasteiger partial charge in [-0.05, 0) is 26.7 Å². The number of hydrogen-bond acceptors (Lipinski definition) is 2. The van der Waals surface area contributed by atoms with Gasteiger partial charge in [0, 0.05) is 5.92 Å². The fourth-order valence-corrected chi connectivity index (χ4v) is 1.15. The molecule has 1 saturated carbocycles. The van der Waals surface area contributed by atoms with Crippen LogP contribution in [0, 0.1) is 5.92 Å². The molecule has 0 unspecified atom stereocenters. The van der Waals surface area contributed by atoms with E-state index in [4.69, 9.17) is 4.74 Å². The average Bonchev–Trinajstić information content (AvgIpc) is 2.59. The summed E-state index contributed by atoms with van der Waals surface area (Å²) in [4.78, 5) is 4.48. The van der Waals surface area contributed by atoms with E-state index in [1.54, 1.807) is 0 Å². The molecule has 56 valence electrons. The van der Waals surface area contributed by atoms with E-state index in [0.29, 0.717) is 5.92 Å². The number of hydrogen-bond donors (Lipinski definition) is 0. The Balaban J connectivity index is 2.10. The summed E-state index contributed by atoms with van der Waals surface area (Å²) in [6.07, 6.45) is 2.57. The Labute approximate surface area is 61.3 Å². The van der Waals surface area contributed by atoms with Gasteiger partial charge in [0.25, 0.3) is 0 Å². The van der Waals surface area contributed by atoms with Crippen molar-refractivity contribution < 1.29 is 4.74 Å². The molecule has 0 aromatic heterocycles. The molecule has 0 aromatic rings. The normalized spacial score (nSPS) is 29.6. The zero-order valence-corrected chi connectivity index (χ0v) is 6.55. The fraction of sp³-hybridized carbons (Fsp3) is 0.875. The third-order valence-corrected chi connectivity index (χ3v) is 1.91. The predicted octanol–water partition coefficient (Wildman–Crippen LogP) is 1.60. The maximum Gasteiger partial charge on any atom is 0.187 e. The van der Waals surface area contributed by atoms with Crippen molar-refractivity contribution in [2.45, 2.75) is 32.2 Å². The Morgan fingerprint density at radius 3 is 2.60 bits per heavy atom. The molecule has 0 saturated heterocycles. The van der Waals surface area contributed by atoms with Crippen LogP contribution in [0.4, 0.5) is 0 Å². The quantitative estimate of drug-likeness (QED) is 0.540. The minimum atomic E-state index is 0.0535. The van der Waals surface area contributed by atoms with Gasteiger partial charge in [-0.2, -0.15) is 0 Å². The van der Waals surface area contributed by atoms with Crippen LogP contribution in [0.5, 0.6) is 0 Å². The Morgan fingerprint density at radius 2 is 2.20 bits per heavy atom. The standard InChI is InChI=1S/C8H13NO/c1-8(2)5-10-7(9-8)6-3-4-6/h6H,3-5H2,1-2H3. The zero-order valence-electron chi connectivity index (χ0n) is 6.55. The second-order valence-electron chi connectivity index (χ2n) is 3.83. The highest BCUT2D eigenvalue weighted by Crippen LogP contribution is 2.34. The smallest absolute Gasteiger partial charge is 0.187 e. The third kappa shape index (κ3) is 1.02. The van der Waals surface area contributed by atoms with Gasteiger partial charge in [0.05, 0.1) is 5.54 Å². The van der Waals surface area contributed by atoms with Crippen LogP contribution in [0.25, 0.3) is 0 Å². The molecule has 2 rings (SSSR count). The van der Waals surface area contributed by atoms with Crippen LogP contribution in [0.15, 0.2) is 4.99 Å². The van der Waals surface area contributed by atoms with E-state index < -0.39 is 0 Å². The van der Waals surface area contributed by atoms with Gasteiger partial charge in [0.1, 0.15) is 6.61 Å². The first-order valence-corrected chi connectivity index (χ1v) is 3.90. The summed E-state index contributed by atoms with van der Waals surface area (Å²) in [5, 5.41) is 0. The van der Waals surface area contributed by atoms with Crippen LogP contribution in [0.2, 0.25) is 0 Å². The molecule has 0 amide bonds. The highest BCUT2D eigenvalue weighted by Gasteiger charge is 2.36. The lowest BCUT2D eigenvalue weighted by Gasteiger charge is -2.07. The van der Waals surface area contributed by atoms with Gasteiger partial charge in [-0.3, -0.25) is 0 Å². The Kier molecular flexibility index (Phi) is 1.08. The monoisotopic (exact) mass is 139 g/mol. The molecule has 0 atom stereocenters. The molecule has 0 bridgehead atoms. The SMILES string of the molecule is CC1(C)COC(C2CC2)=N1. The van der Waals surface area contributed by atoms with Crippen LogP contribution < -0.4 is 0 Å². The minimum absolute atomic E-state index is 0.0535. The second kappa shape index (κ2) is 1.74. The average molecular weight is 139 g/mol. The predicted molar refractivity (Wildman–Crippen MR) is 40.2 cm³/mol. The second-order valence-corrected chi connectivity index (χ2v) is 3.83. The molecule has 1 fully saturated rings. The summed E-state index contributed by atoms with van der Waals surface area (Å²) in [6, 6.07) is 0. The lowest BCUT2D eigenvalue weighted by Crippen LogP contribution is -2.17. The van der Waals surface area contributed by atoms with Crippen molar-refractivity contribution in [1.82, 2.24) is 0 Å². The van der Waals surface area contributed by atoms with Gasteiger partial charge in [0.15, 0.2) is 5.90 Å². The van der Waals surface area contributed by atoms with Crippen LogP contribution >= 0.6 is 0 Å². The summed E-state index contributed by atoms with van der Waals surface area (Å²) >= 11 is 0. The van der Waals surface area contributed by atoms with Gasteiger partial charge in [0.2, 0.25) is 0 Å². The molecule has 1 heterocycles. The van der Waals surface area contributed by atoms with Gasteiger partial charge < -0.3 is 4.74 Å². The lowest BCUT2D eigenvalue weighted by molar-refractivity contribution is 0.272. The lowest BCUT2D eigenvalue weighted by atomic mass is 10.1. The van der Waals surface area contributed by atoms with Crippen LogP contribution in [-0.2, 0) is 4.74 Å².